The van der Waals surface area contributed by atoms with E-state index >= 15 is 0 Å². The minimum Gasteiger partial charge on any atom is -0.490 e. The fourth-order valence-electron chi connectivity index (χ4n) is 2.39. The van der Waals surface area contributed by atoms with Gasteiger partial charge in [-0.25, -0.2) is 9.59 Å². The van der Waals surface area contributed by atoms with Crippen LogP contribution in [0.15, 0.2) is 50.4 Å². The van der Waals surface area contributed by atoms with Crippen LogP contribution in [0.25, 0.3) is 10.9 Å². The monoisotopic (exact) mass is 365 g/mol. The van der Waals surface area contributed by atoms with Crippen molar-refractivity contribution in [2.75, 3.05) is 6.61 Å². The Morgan fingerprint density at radius 1 is 1.17 bits per heavy atom. The van der Waals surface area contributed by atoms with E-state index in [2.05, 4.69) is 0 Å². The molecule has 0 saturated heterocycles. The highest BCUT2D eigenvalue weighted by molar-refractivity contribution is 6.42. The molecule has 3 aromatic rings. The van der Waals surface area contributed by atoms with Gasteiger partial charge in [0.25, 0.3) is 0 Å². The largest absolute Gasteiger partial charge is 0.490 e. The quantitative estimate of drug-likeness (QED) is 0.707. The molecule has 1 heterocycles. The summed E-state index contributed by atoms with van der Waals surface area (Å²) in [7, 11) is 0. The van der Waals surface area contributed by atoms with Crippen molar-refractivity contribution in [1.29, 1.82) is 0 Å². The number of nitrogens with zero attached hydrogens (tertiary/aromatic N) is 1. The fraction of sp³-hybridized carbons (Fsp3) is 0.176. The van der Waals surface area contributed by atoms with E-state index in [-0.39, 0.29) is 13.2 Å². The minimum absolute atomic E-state index is 0.163. The van der Waals surface area contributed by atoms with Gasteiger partial charge in [0.05, 0.1) is 22.5 Å². The molecule has 0 unspecified atom stereocenters. The molecule has 3 rings (SSSR count). The lowest BCUT2D eigenvalue weighted by atomic mass is 10.2. The van der Waals surface area contributed by atoms with E-state index in [1.165, 1.54) is 4.57 Å². The average molecular weight is 366 g/mol. The molecule has 0 aliphatic rings. The summed E-state index contributed by atoms with van der Waals surface area (Å²) in [5.41, 5.74) is 0.762. The summed E-state index contributed by atoms with van der Waals surface area (Å²) < 4.78 is 11.7. The normalized spacial score (nSPS) is 11.0. The summed E-state index contributed by atoms with van der Waals surface area (Å²) in [4.78, 5) is 23.8. The number of fused-ring (bicyclic) bond motifs is 1. The molecule has 0 amide bonds. The molecule has 0 bridgehead atoms. The first-order valence-corrected chi connectivity index (χ1v) is 7.94. The Morgan fingerprint density at radius 2 is 1.96 bits per heavy atom. The van der Waals surface area contributed by atoms with Crippen LogP contribution in [0.5, 0.6) is 5.75 Å². The van der Waals surface area contributed by atoms with Gasteiger partial charge in [-0.05, 0) is 31.2 Å². The van der Waals surface area contributed by atoms with Crippen molar-refractivity contribution in [1.82, 2.24) is 4.57 Å². The van der Waals surface area contributed by atoms with Crippen molar-refractivity contribution in [2.24, 2.45) is 0 Å². The van der Waals surface area contributed by atoms with Crippen molar-refractivity contribution >= 4 is 34.1 Å². The van der Waals surface area contributed by atoms with Crippen LogP contribution in [0.1, 0.15) is 5.56 Å². The predicted octanol–water partition coefficient (Wildman–Crippen LogP) is 3.65. The fourth-order valence-corrected chi connectivity index (χ4v) is 2.74. The zero-order valence-electron chi connectivity index (χ0n) is 12.7. The van der Waals surface area contributed by atoms with Crippen LogP contribution in [-0.2, 0) is 6.54 Å². The van der Waals surface area contributed by atoms with Gasteiger partial charge in [-0.1, -0.05) is 40.9 Å². The summed E-state index contributed by atoms with van der Waals surface area (Å²) in [6, 6.07) is 10.3. The number of aromatic nitrogens is 1. The Hall–Kier alpha value is -2.24. The maximum atomic E-state index is 12.0. The van der Waals surface area contributed by atoms with Crippen molar-refractivity contribution in [3.05, 3.63) is 73.0 Å². The first-order chi connectivity index (χ1) is 11.5. The summed E-state index contributed by atoms with van der Waals surface area (Å²) in [6.45, 7) is 2.22. The van der Waals surface area contributed by atoms with Crippen LogP contribution in [0.2, 0.25) is 10.0 Å². The highest BCUT2D eigenvalue weighted by Crippen LogP contribution is 2.31. The van der Waals surface area contributed by atoms with Gasteiger partial charge in [0.15, 0.2) is 0 Å². The molecular formula is C17H13Cl2NO4. The molecule has 0 saturated carbocycles. The van der Waals surface area contributed by atoms with E-state index in [1.54, 1.807) is 30.3 Å². The van der Waals surface area contributed by atoms with Gasteiger partial charge in [0, 0.05) is 0 Å². The maximum absolute atomic E-state index is 12.0. The van der Waals surface area contributed by atoms with E-state index in [0.717, 1.165) is 5.56 Å². The van der Waals surface area contributed by atoms with Crippen LogP contribution < -0.4 is 16.1 Å². The lowest BCUT2D eigenvalue weighted by molar-refractivity contribution is 0.287. The summed E-state index contributed by atoms with van der Waals surface area (Å²) in [6.07, 6.45) is 0. The first-order valence-electron chi connectivity index (χ1n) is 7.18. The molecule has 0 spiro atoms. The third-order valence-electron chi connectivity index (χ3n) is 3.55. The van der Waals surface area contributed by atoms with Gasteiger partial charge in [-0.2, -0.15) is 0 Å². The number of benzene rings is 2. The number of ether oxygens (including phenoxy) is 1. The second-order valence-corrected chi connectivity index (χ2v) is 6.01. The Kier molecular flexibility index (Phi) is 4.64. The summed E-state index contributed by atoms with van der Waals surface area (Å²) in [5.74, 6) is -0.299. The topological polar surface area (TPSA) is 61.4 Å². The van der Waals surface area contributed by atoms with Crippen molar-refractivity contribution in [2.45, 2.75) is 13.5 Å². The molecule has 0 aliphatic heterocycles. The third-order valence-corrected chi connectivity index (χ3v) is 4.35. The third kappa shape index (κ3) is 3.18. The molecule has 0 aliphatic carbocycles. The van der Waals surface area contributed by atoms with E-state index in [1.807, 2.05) is 13.0 Å². The molecule has 7 heteroatoms. The molecule has 2 aromatic carbocycles. The van der Waals surface area contributed by atoms with Gasteiger partial charge in [0.2, 0.25) is 0 Å². The Balaban J connectivity index is 1.89. The van der Waals surface area contributed by atoms with E-state index < -0.39 is 11.4 Å². The van der Waals surface area contributed by atoms with E-state index in [0.29, 0.717) is 26.7 Å². The Labute approximate surface area is 147 Å². The molecule has 0 N–H and O–H groups in total. The van der Waals surface area contributed by atoms with Crippen molar-refractivity contribution < 1.29 is 9.15 Å². The van der Waals surface area contributed by atoms with Gasteiger partial charge in [-0.15, -0.1) is 0 Å². The van der Waals surface area contributed by atoms with Gasteiger partial charge in [0.1, 0.15) is 17.4 Å². The molecule has 1 aromatic heterocycles. The molecule has 0 radical (unpaired) electrons. The minimum atomic E-state index is -0.725. The number of aryl methyl sites for hydroxylation is 1. The van der Waals surface area contributed by atoms with Crippen LogP contribution in [0.4, 0.5) is 0 Å². The average Bonchev–Trinajstić information content (AvgIpc) is 2.54. The molecular weight excluding hydrogens is 353 g/mol. The van der Waals surface area contributed by atoms with Crippen LogP contribution in [-0.4, -0.2) is 11.2 Å². The second-order valence-electron chi connectivity index (χ2n) is 5.23. The van der Waals surface area contributed by atoms with Crippen molar-refractivity contribution in [3.8, 4) is 5.75 Å². The lowest BCUT2D eigenvalue weighted by Gasteiger charge is -2.11. The van der Waals surface area contributed by atoms with E-state index in [9.17, 15) is 9.59 Å². The van der Waals surface area contributed by atoms with E-state index in [4.69, 9.17) is 32.4 Å². The smallest absolute Gasteiger partial charge is 0.422 e. The predicted molar refractivity (Wildman–Crippen MR) is 93.4 cm³/mol. The lowest BCUT2D eigenvalue weighted by Crippen LogP contribution is -2.27. The number of hydrogen-bond acceptors (Lipinski definition) is 4. The Morgan fingerprint density at radius 3 is 2.75 bits per heavy atom. The molecule has 124 valence electrons. The number of halogens is 2. The molecule has 24 heavy (non-hydrogen) atoms. The molecule has 0 atom stereocenters. The van der Waals surface area contributed by atoms with Gasteiger partial charge in [-0.3, -0.25) is 4.57 Å². The zero-order chi connectivity index (χ0) is 17.3. The SMILES string of the molecule is Cc1ccc2c(c1)c(=O)oc(=O)n2CCOc1cccc(Cl)c1Cl. The number of hydrogen-bond donors (Lipinski definition) is 0. The number of rotatable bonds is 4. The van der Waals surface area contributed by atoms with Crippen LogP contribution >= 0.6 is 23.2 Å². The Bertz CT molecular complexity index is 1020. The van der Waals surface area contributed by atoms with Crippen LogP contribution in [0, 0.1) is 6.92 Å². The maximum Gasteiger partial charge on any atom is 0.422 e. The molecule has 5 nitrogen and oxygen atoms in total. The summed E-state index contributed by atoms with van der Waals surface area (Å²) in [5, 5.41) is 1.06. The summed E-state index contributed by atoms with van der Waals surface area (Å²) >= 11 is 12.0. The highest BCUT2D eigenvalue weighted by Gasteiger charge is 2.10. The molecule has 0 fully saturated rings. The first kappa shape index (κ1) is 16.6. The highest BCUT2D eigenvalue weighted by atomic mass is 35.5. The van der Waals surface area contributed by atoms with Gasteiger partial charge >= 0.3 is 11.4 Å². The standard InChI is InChI=1S/C17H13Cl2NO4/c1-10-5-6-13-11(9-10)16(21)24-17(22)20(13)7-8-23-14-4-2-3-12(18)15(14)19/h2-6,9H,7-8H2,1H3. The van der Waals surface area contributed by atoms with Crippen LogP contribution in [0.3, 0.4) is 0 Å². The second kappa shape index (κ2) is 6.71. The van der Waals surface area contributed by atoms with Gasteiger partial charge < -0.3 is 9.15 Å². The zero-order valence-corrected chi connectivity index (χ0v) is 14.2. The van der Waals surface area contributed by atoms with Crippen molar-refractivity contribution in [3.63, 3.8) is 0 Å².